The van der Waals surface area contributed by atoms with Gasteiger partial charge in [0.1, 0.15) is 6.29 Å². The first-order chi connectivity index (χ1) is 6.86. The molecule has 0 bridgehead atoms. The van der Waals surface area contributed by atoms with E-state index in [1.165, 1.54) is 0 Å². The van der Waals surface area contributed by atoms with Crippen LogP contribution in [0.2, 0.25) is 0 Å². The summed E-state index contributed by atoms with van der Waals surface area (Å²) >= 11 is 0. The Morgan fingerprint density at radius 3 is 2.71 bits per heavy atom. The van der Waals surface area contributed by atoms with Gasteiger partial charge in [-0.25, -0.2) is 0 Å². The summed E-state index contributed by atoms with van der Waals surface area (Å²) in [6, 6.07) is 10.2. The quantitative estimate of drug-likeness (QED) is 0.582. The topological polar surface area (TPSA) is 33.5 Å². The van der Waals surface area contributed by atoms with Crippen molar-refractivity contribution in [3.8, 4) is 6.07 Å². The second-order valence-electron chi connectivity index (χ2n) is 2.80. The van der Waals surface area contributed by atoms with Crippen molar-refractivity contribution >= 4 is 12.0 Å². The summed E-state index contributed by atoms with van der Waals surface area (Å²) in [7, 11) is 1.71. The van der Waals surface area contributed by atoms with Crippen molar-refractivity contribution in [2.24, 2.45) is 0 Å². The minimum Gasteiger partial charge on any atom is -0.384 e. The Labute approximate surface area is 83.6 Å². The molecule has 0 aliphatic rings. The highest BCUT2D eigenvalue weighted by Crippen LogP contribution is 2.07. The first-order valence-electron chi connectivity index (χ1n) is 4.47. The first kappa shape index (κ1) is 10.3. The third-order valence-electron chi connectivity index (χ3n) is 1.77. The molecule has 1 aromatic rings. The van der Waals surface area contributed by atoms with E-state index in [9.17, 15) is 4.79 Å². The third-order valence-corrected chi connectivity index (χ3v) is 1.77. The van der Waals surface area contributed by atoms with Gasteiger partial charge in [-0.1, -0.05) is 4.85 Å². The Bertz CT molecular complexity index is 346. The monoisotopic (exact) mass is 189 g/mol. The molecule has 0 amide bonds. The third kappa shape index (κ3) is 3.28. The molecule has 3 nitrogen and oxygen atoms in total. The highest BCUT2D eigenvalue weighted by atomic mass is 16.1. The van der Waals surface area contributed by atoms with Crippen molar-refractivity contribution in [3.63, 3.8) is 0 Å². The van der Waals surface area contributed by atoms with Crippen molar-refractivity contribution in [2.45, 2.75) is 6.42 Å². The van der Waals surface area contributed by atoms with Gasteiger partial charge in [0.05, 0.1) is 6.42 Å². The van der Waals surface area contributed by atoms with E-state index >= 15 is 0 Å². The molecule has 0 aliphatic carbocycles. The Hall–Kier alpha value is -1.82. The van der Waals surface area contributed by atoms with E-state index in [1.807, 2.05) is 12.1 Å². The van der Waals surface area contributed by atoms with E-state index in [2.05, 4.69) is 16.2 Å². The fourth-order valence-electron chi connectivity index (χ4n) is 1.05. The van der Waals surface area contributed by atoms with Crippen molar-refractivity contribution < 1.29 is 4.79 Å². The standard InChI is InChI=1S/C11H12N2O/c1-12-7-2-8-13-11-5-3-10(9-14)4-6-11/h3-6,9H,2,8H2,1H3/p+1. The molecule has 14 heavy (non-hydrogen) atoms. The smallest absolute Gasteiger partial charge is 0.274 e. The summed E-state index contributed by atoms with van der Waals surface area (Å²) in [5, 5.41) is 3.19. The van der Waals surface area contributed by atoms with Crippen LogP contribution >= 0.6 is 0 Å². The highest BCUT2D eigenvalue weighted by Gasteiger charge is 1.92. The molecule has 0 saturated heterocycles. The average molecular weight is 189 g/mol. The molecule has 0 atom stereocenters. The fraction of sp³-hybridized carbons (Fsp3) is 0.273. The van der Waals surface area contributed by atoms with Gasteiger partial charge in [0.2, 0.25) is 0 Å². The summed E-state index contributed by atoms with van der Waals surface area (Å²) in [6.07, 6.45) is 1.62. The molecule has 0 radical (unpaired) electrons. The Morgan fingerprint density at radius 1 is 1.43 bits per heavy atom. The molecule has 0 aromatic heterocycles. The summed E-state index contributed by atoms with van der Waals surface area (Å²) in [5.41, 5.74) is 1.70. The molecule has 0 saturated carbocycles. The van der Waals surface area contributed by atoms with Crippen molar-refractivity contribution in [1.82, 2.24) is 0 Å². The van der Waals surface area contributed by atoms with Gasteiger partial charge in [0.25, 0.3) is 13.1 Å². The minimum atomic E-state index is 0.692. The van der Waals surface area contributed by atoms with Crippen molar-refractivity contribution in [3.05, 3.63) is 34.7 Å². The number of anilines is 1. The van der Waals surface area contributed by atoms with E-state index < -0.39 is 0 Å². The van der Waals surface area contributed by atoms with Gasteiger partial charge in [-0.15, -0.1) is 0 Å². The molecular weight excluding hydrogens is 176 g/mol. The van der Waals surface area contributed by atoms with Crippen LogP contribution in [0.25, 0.3) is 4.85 Å². The number of carbonyl (C=O) groups is 1. The minimum absolute atomic E-state index is 0.692. The van der Waals surface area contributed by atoms with Crippen LogP contribution in [-0.2, 0) is 0 Å². The number of hydrogen-bond donors (Lipinski definition) is 1. The van der Waals surface area contributed by atoms with Crippen LogP contribution < -0.4 is 5.32 Å². The lowest BCUT2D eigenvalue weighted by Gasteiger charge is -2.02. The molecule has 1 rings (SSSR count). The molecule has 72 valence electrons. The number of hydrogen-bond acceptors (Lipinski definition) is 2. The van der Waals surface area contributed by atoms with Crippen LogP contribution in [0.3, 0.4) is 0 Å². The molecule has 3 heteroatoms. The van der Waals surface area contributed by atoms with Crippen molar-refractivity contribution in [2.75, 3.05) is 18.9 Å². The molecule has 1 N–H and O–H groups in total. The predicted molar refractivity (Wildman–Crippen MR) is 58.1 cm³/mol. The SMILES string of the molecule is C[N+]#CCCNc1ccc(C=O)cc1. The van der Waals surface area contributed by atoms with Gasteiger partial charge < -0.3 is 5.32 Å². The van der Waals surface area contributed by atoms with Crippen LogP contribution in [0.4, 0.5) is 5.69 Å². The summed E-state index contributed by atoms with van der Waals surface area (Å²) in [6.45, 7) is 0.803. The van der Waals surface area contributed by atoms with Gasteiger partial charge in [-0.05, 0) is 24.3 Å². The van der Waals surface area contributed by atoms with E-state index in [1.54, 1.807) is 19.2 Å². The number of carbonyl (C=O) groups excluding carboxylic acids is 1. The number of aldehydes is 1. The first-order valence-corrected chi connectivity index (χ1v) is 4.47. The molecule has 0 aliphatic heterocycles. The maximum atomic E-state index is 10.4. The summed E-state index contributed by atoms with van der Waals surface area (Å²) < 4.78 is 0. The summed E-state index contributed by atoms with van der Waals surface area (Å²) in [5.74, 6) is 0. The van der Waals surface area contributed by atoms with E-state index in [-0.39, 0.29) is 0 Å². The Morgan fingerprint density at radius 2 is 2.14 bits per heavy atom. The van der Waals surface area contributed by atoms with Crippen LogP contribution in [0.5, 0.6) is 0 Å². The molecule has 0 spiro atoms. The maximum Gasteiger partial charge on any atom is 0.274 e. The van der Waals surface area contributed by atoms with Gasteiger partial charge in [-0.3, -0.25) is 4.79 Å². The maximum absolute atomic E-state index is 10.4. The Balaban J connectivity index is 2.42. The lowest BCUT2D eigenvalue weighted by Crippen LogP contribution is -1.99. The number of nitrogens with one attached hydrogen (secondary N) is 1. The zero-order valence-corrected chi connectivity index (χ0v) is 8.16. The zero-order chi connectivity index (χ0) is 10.2. The average Bonchev–Trinajstić information content (AvgIpc) is 2.25. The summed E-state index contributed by atoms with van der Waals surface area (Å²) in [4.78, 5) is 14.1. The molecule has 0 heterocycles. The van der Waals surface area contributed by atoms with Gasteiger partial charge >= 0.3 is 0 Å². The normalized spacial score (nSPS) is 8.64. The van der Waals surface area contributed by atoms with Crippen LogP contribution in [0.1, 0.15) is 16.8 Å². The van der Waals surface area contributed by atoms with Crippen LogP contribution in [-0.4, -0.2) is 19.9 Å². The second-order valence-corrected chi connectivity index (χ2v) is 2.80. The molecule has 0 unspecified atom stereocenters. The highest BCUT2D eigenvalue weighted by molar-refractivity contribution is 5.75. The lowest BCUT2D eigenvalue weighted by atomic mass is 10.2. The number of rotatable bonds is 4. The Kier molecular flexibility index (Phi) is 4.22. The van der Waals surface area contributed by atoms with Crippen LogP contribution in [0, 0.1) is 6.07 Å². The van der Waals surface area contributed by atoms with E-state index in [0.29, 0.717) is 5.56 Å². The largest absolute Gasteiger partial charge is 0.384 e. The van der Waals surface area contributed by atoms with Gasteiger partial charge in [-0.2, -0.15) is 0 Å². The second kappa shape index (κ2) is 5.76. The zero-order valence-electron chi connectivity index (χ0n) is 8.16. The van der Waals surface area contributed by atoms with Gasteiger partial charge in [0, 0.05) is 17.8 Å². The van der Waals surface area contributed by atoms with Gasteiger partial charge in [0.15, 0.2) is 0 Å². The number of benzene rings is 1. The van der Waals surface area contributed by atoms with E-state index in [0.717, 1.165) is 24.9 Å². The predicted octanol–water partition coefficient (Wildman–Crippen LogP) is 2.26. The number of nitrogens with zero attached hydrogens (tertiary/aromatic N) is 1. The molecular formula is C11H13N2O+. The van der Waals surface area contributed by atoms with Crippen LogP contribution in [0.15, 0.2) is 24.3 Å². The van der Waals surface area contributed by atoms with Crippen molar-refractivity contribution in [1.29, 1.82) is 0 Å². The van der Waals surface area contributed by atoms with E-state index in [4.69, 9.17) is 0 Å². The fourth-order valence-corrected chi connectivity index (χ4v) is 1.05. The molecule has 0 fully saturated rings. The lowest BCUT2D eigenvalue weighted by molar-refractivity contribution is 0.112. The molecule has 1 aromatic carbocycles.